The number of H-pyrrole nitrogens is 1. The van der Waals surface area contributed by atoms with Crippen LogP contribution >= 0.6 is 0 Å². The summed E-state index contributed by atoms with van der Waals surface area (Å²) in [6.45, 7) is 1.20. The van der Waals surface area contributed by atoms with Crippen molar-refractivity contribution in [2.75, 3.05) is 44.6 Å². The molecule has 0 radical (unpaired) electrons. The van der Waals surface area contributed by atoms with Crippen LogP contribution in [0.3, 0.4) is 0 Å². The third-order valence-electron chi connectivity index (χ3n) is 8.67. The Morgan fingerprint density at radius 1 is 1.09 bits per heavy atom. The van der Waals surface area contributed by atoms with Crippen molar-refractivity contribution in [3.63, 3.8) is 0 Å². The van der Waals surface area contributed by atoms with Crippen LogP contribution < -0.4 is 10.2 Å². The highest BCUT2D eigenvalue weighted by Gasteiger charge is 2.40. The summed E-state index contributed by atoms with van der Waals surface area (Å²) in [5, 5.41) is 2.67. The third-order valence-corrected chi connectivity index (χ3v) is 8.67. The molecule has 0 atom stereocenters. The number of hydrogen-bond acceptors (Lipinski definition) is 9. The number of nitrogens with one attached hydrogen (secondary N) is 2. The van der Waals surface area contributed by atoms with Crippen molar-refractivity contribution in [3.8, 4) is 11.3 Å². The number of halogens is 3. The van der Waals surface area contributed by atoms with Gasteiger partial charge in [0.1, 0.15) is 11.2 Å². The first-order chi connectivity index (χ1) is 22.0. The van der Waals surface area contributed by atoms with Crippen LogP contribution in [-0.2, 0) is 15.7 Å². The molecule has 11 nitrogen and oxygen atoms in total. The SMILES string of the molecule is COCC1(CN(C)c2cc(-c3cnc(C4CC4)c(C(F)(F)F)c3)nc3nc(NC(=O)c4ccc(C(=O)OC)cn4)[nH]c23)CCCC1. The average Bonchev–Trinajstić information content (AvgIpc) is 3.66. The van der Waals surface area contributed by atoms with Crippen LogP contribution in [0.25, 0.3) is 22.4 Å². The Morgan fingerprint density at radius 2 is 1.85 bits per heavy atom. The van der Waals surface area contributed by atoms with E-state index in [1.165, 1.54) is 31.6 Å². The zero-order valence-corrected chi connectivity index (χ0v) is 25.7. The molecule has 0 unspecified atom stereocenters. The number of aromatic amines is 1. The first-order valence-corrected chi connectivity index (χ1v) is 15.0. The van der Waals surface area contributed by atoms with E-state index in [0.29, 0.717) is 37.2 Å². The number of rotatable bonds is 10. The molecule has 4 aromatic rings. The van der Waals surface area contributed by atoms with Crippen LogP contribution in [0.2, 0.25) is 0 Å². The fourth-order valence-corrected chi connectivity index (χ4v) is 6.31. The Morgan fingerprint density at radius 3 is 2.48 bits per heavy atom. The van der Waals surface area contributed by atoms with Crippen molar-refractivity contribution in [1.82, 2.24) is 24.9 Å². The standard InChI is InChI=1S/C32H34F3N7O4/c1-42(16-31(17-45-2)10-4-5-11-31)24-13-23(20-12-21(32(33,34)35)25(37-15-20)18-6-7-18)38-27-26(24)39-30(40-27)41-28(43)22-9-8-19(14-36-22)29(44)46-3/h8-9,12-15,18H,4-7,10-11,16-17H2,1-3H3,(H2,38,39,40,41,43). The molecule has 14 heteroatoms. The number of alkyl halides is 3. The Balaban J connectivity index is 1.38. The zero-order valence-electron chi connectivity index (χ0n) is 25.7. The fourth-order valence-electron chi connectivity index (χ4n) is 6.31. The number of nitrogens with zero attached hydrogens (tertiary/aromatic N) is 5. The van der Waals surface area contributed by atoms with E-state index in [1.54, 1.807) is 13.2 Å². The molecule has 0 aliphatic heterocycles. The molecule has 0 spiro atoms. The Bertz CT molecular complexity index is 1760. The van der Waals surface area contributed by atoms with E-state index in [4.69, 9.17) is 4.74 Å². The van der Waals surface area contributed by atoms with Gasteiger partial charge in [0.05, 0.1) is 41.9 Å². The molecule has 2 saturated carbocycles. The molecule has 1 amide bonds. The molecule has 4 heterocycles. The Hall–Kier alpha value is -4.59. The maximum absolute atomic E-state index is 14.1. The lowest BCUT2D eigenvalue weighted by Gasteiger charge is -2.34. The van der Waals surface area contributed by atoms with Gasteiger partial charge in [0.15, 0.2) is 5.65 Å². The third kappa shape index (κ3) is 6.39. The first-order valence-electron chi connectivity index (χ1n) is 15.0. The minimum Gasteiger partial charge on any atom is -0.465 e. The minimum absolute atomic E-state index is 0.0309. The van der Waals surface area contributed by atoms with Gasteiger partial charge in [-0.15, -0.1) is 0 Å². The van der Waals surface area contributed by atoms with E-state index in [0.717, 1.165) is 31.7 Å². The maximum atomic E-state index is 14.1. The van der Waals surface area contributed by atoms with Crippen LogP contribution in [0.1, 0.15) is 76.5 Å². The van der Waals surface area contributed by atoms with E-state index < -0.39 is 23.6 Å². The highest BCUT2D eigenvalue weighted by molar-refractivity contribution is 6.03. The van der Waals surface area contributed by atoms with Crippen molar-refractivity contribution in [2.24, 2.45) is 5.41 Å². The van der Waals surface area contributed by atoms with Crippen molar-refractivity contribution in [2.45, 2.75) is 50.6 Å². The van der Waals surface area contributed by atoms with Crippen LogP contribution in [-0.4, -0.2) is 71.2 Å². The quantitative estimate of drug-likeness (QED) is 0.201. The number of amides is 1. The fraction of sp³-hybridized carbons (Fsp3) is 0.438. The maximum Gasteiger partial charge on any atom is 0.418 e. The van der Waals surface area contributed by atoms with Gasteiger partial charge in [-0.25, -0.2) is 9.78 Å². The van der Waals surface area contributed by atoms with E-state index in [2.05, 4.69) is 35.0 Å². The number of ether oxygens (including phenoxy) is 2. The highest BCUT2D eigenvalue weighted by Crippen LogP contribution is 2.46. The molecule has 2 aliphatic carbocycles. The lowest BCUT2D eigenvalue weighted by Crippen LogP contribution is -2.37. The van der Waals surface area contributed by atoms with Crippen LogP contribution in [0.5, 0.6) is 0 Å². The number of carbonyl (C=O) groups is 2. The zero-order chi connectivity index (χ0) is 32.6. The molecular weight excluding hydrogens is 603 g/mol. The van der Waals surface area contributed by atoms with E-state index in [-0.39, 0.29) is 51.1 Å². The number of methoxy groups -OCH3 is 2. The van der Waals surface area contributed by atoms with E-state index >= 15 is 0 Å². The Kier molecular flexibility index (Phi) is 8.40. The second kappa shape index (κ2) is 12.3. The lowest BCUT2D eigenvalue weighted by atomic mass is 9.86. The van der Waals surface area contributed by atoms with Gasteiger partial charge in [0.2, 0.25) is 5.95 Å². The van der Waals surface area contributed by atoms with Crippen LogP contribution in [0.15, 0.2) is 36.7 Å². The van der Waals surface area contributed by atoms with E-state index in [1.807, 2.05) is 11.9 Å². The van der Waals surface area contributed by atoms with Gasteiger partial charge >= 0.3 is 12.1 Å². The van der Waals surface area contributed by atoms with Gasteiger partial charge in [0.25, 0.3) is 5.91 Å². The number of carbonyl (C=O) groups excluding carboxylic acids is 2. The molecule has 2 fully saturated rings. The number of hydrogen-bond donors (Lipinski definition) is 2. The van der Waals surface area contributed by atoms with Gasteiger partial charge in [-0.2, -0.15) is 18.2 Å². The summed E-state index contributed by atoms with van der Waals surface area (Å²) in [5.41, 5.74) is 1.28. The molecule has 2 aliphatic rings. The predicted molar refractivity (Wildman–Crippen MR) is 164 cm³/mol. The minimum atomic E-state index is -4.56. The van der Waals surface area contributed by atoms with Gasteiger partial charge in [-0.3, -0.25) is 20.1 Å². The average molecular weight is 638 g/mol. The number of imidazole rings is 1. The summed E-state index contributed by atoms with van der Waals surface area (Å²) < 4.78 is 52.6. The van der Waals surface area contributed by atoms with Crippen molar-refractivity contribution < 1.29 is 32.2 Å². The first kappa shape index (κ1) is 31.4. The summed E-state index contributed by atoms with van der Waals surface area (Å²) in [6.07, 6.45) is 3.62. The summed E-state index contributed by atoms with van der Waals surface area (Å²) in [4.78, 5) is 47.3. The van der Waals surface area contributed by atoms with Gasteiger partial charge in [0, 0.05) is 50.0 Å². The Labute approximate surface area is 262 Å². The van der Waals surface area contributed by atoms with Gasteiger partial charge < -0.3 is 19.4 Å². The van der Waals surface area contributed by atoms with E-state index in [9.17, 15) is 22.8 Å². The van der Waals surface area contributed by atoms with Crippen LogP contribution in [0, 0.1) is 5.41 Å². The molecule has 242 valence electrons. The predicted octanol–water partition coefficient (Wildman–Crippen LogP) is 5.99. The normalized spacial score (nSPS) is 16.0. The topological polar surface area (TPSA) is 135 Å². The monoisotopic (exact) mass is 637 g/mol. The largest absolute Gasteiger partial charge is 0.465 e. The number of aromatic nitrogens is 5. The number of anilines is 2. The molecular formula is C32H34F3N7O4. The van der Waals surface area contributed by atoms with Crippen molar-refractivity contribution in [1.29, 1.82) is 0 Å². The number of esters is 1. The second-order valence-corrected chi connectivity index (χ2v) is 12.1. The summed E-state index contributed by atoms with van der Waals surface area (Å²) >= 11 is 0. The smallest absolute Gasteiger partial charge is 0.418 e. The molecule has 46 heavy (non-hydrogen) atoms. The molecule has 0 bridgehead atoms. The highest BCUT2D eigenvalue weighted by atomic mass is 19.4. The summed E-state index contributed by atoms with van der Waals surface area (Å²) in [6, 6.07) is 5.64. The van der Waals surface area contributed by atoms with Crippen molar-refractivity contribution in [3.05, 3.63) is 59.2 Å². The lowest BCUT2D eigenvalue weighted by molar-refractivity contribution is -0.138. The summed E-state index contributed by atoms with van der Waals surface area (Å²) in [5.74, 6) is -1.29. The van der Waals surface area contributed by atoms with Gasteiger partial charge in [-0.1, -0.05) is 12.8 Å². The molecule has 0 aromatic carbocycles. The number of pyridine rings is 3. The van der Waals surface area contributed by atoms with Crippen LogP contribution in [0.4, 0.5) is 24.8 Å². The second-order valence-electron chi connectivity index (χ2n) is 12.1. The molecule has 4 aromatic heterocycles. The molecule has 2 N–H and O–H groups in total. The van der Waals surface area contributed by atoms with Crippen molar-refractivity contribution >= 4 is 34.7 Å². The summed E-state index contributed by atoms with van der Waals surface area (Å²) in [7, 11) is 4.84. The molecule has 0 saturated heterocycles. The van der Waals surface area contributed by atoms with Gasteiger partial charge in [-0.05, 0) is 49.9 Å². The number of fused-ring (bicyclic) bond motifs is 1. The molecule has 6 rings (SSSR count).